The molecule has 1 rings (SSSR count). The molecule has 0 radical (unpaired) electrons. The molecule has 2 atom stereocenters. The van der Waals surface area contributed by atoms with Gasteiger partial charge in [0.15, 0.2) is 0 Å². The summed E-state index contributed by atoms with van der Waals surface area (Å²) in [6.07, 6.45) is -0.446. The Morgan fingerprint density at radius 3 is 2.64 bits per heavy atom. The van der Waals surface area contributed by atoms with Crippen LogP contribution in [-0.2, 0) is 19.2 Å². The molecule has 6 heteroatoms. The summed E-state index contributed by atoms with van der Waals surface area (Å²) >= 11 is 0. The first-order chi connectivity index (χ1) is 6.54. The summed E-state index contributed by atoms with van der Waals surface area (Å²) in [7, 11) is 1.25. The van der Waals surface area contributed by atoms with Gasteiger partial charge in [-0.3, -0.25) is 9.59 Å². The summed E-state index contributed by atoms with van der Waals surface area (Å²) in [6, 6.07) is -0.695. The predicted octanol–water partition coefficient (Wildman–Crippen LogP) is -0.927. The lowest BCUT2D eigenvalue weighted by molar-refractivity contribution is -0.198. The maximum atomic E-state index is 11.2. The third-order valence-corrected chi connectivity index (χ3v) is 1.95. The molecule has 1 N–H and O–H groups in total. The Morgan fingerprint density at radius 1 is 1.50 bits per heavy atom. The predicted molar refractivity (Wildman–Crippen MR) is 44.9 cm³/mol. The van der Waals surface area contributed by atoms with Gasteiger partial charge in [0, 0.05) is 13.3 Å². The number of esters is 1. The van der Waals surface area contributed by atoms with E-state index in [-0.39, 0.29) is 13.0 Å². The van der Waals surface area contributed by atoms with Crippen LogP contribution in [0.15, 0.2) is 0 Å². The van der Waals surface area contributed by atoms with Crippen LogP contribution in [0, 0.1) is 0 Å². The second-order valence-corrected chi connectivity index (χ2v) is 3.11. The monoisotopic (exact) mass is 203 g/mol. The van der Waals surface area contributed by atoms with Gasteiger partial charge < -0.3 is 14.7 Å². The van der Waals surface area contributed by atoms with Gasteiger partial charge in [0.2, 0.25) is 0 Å². The zero-order chi connectivity index (χ0) is 10.7. The van der Waals surface area contributed by atoms with Crippen molar-refractivity contribution in [3.05, 3.63) is 0 Å². The molecule has 1 aliphatic rings. The van der Waals surface area contributed by atoms with Crippen LogP contribution in [-0.4, -0.2) is 47.9 Å². The van der Waals surface area contributed by atoms with Crippen molar-refractivity contribution >= 4 is 11.9 Å². The largest absolute Gasteiger partial charge is 0.468 e. The summed E-state index contributed by atoms with van der Waals surface area (Å²) in [5.41, 5.74) is 0. The van der Waals surface area contributed by atoms with Crippen molar-refractivity contribution in [2.45, 2.75) is 25.5 Å². The lowest BCUT2D eigenvalue weighted by Gasteiger charge is -2.19. The second kappa shape index (κ2) is 4.39. The molecule has 1 aliphatic heterocycles. The number of hydrogen-bond donors (Lipinski definition) is 1. The van der Waals surface area contributed by atoms with Crippen LogP contribution in [0.2, 0.25) is 0 Å². The average Bonchev–Trinajstić information content (AvgIpc) is 2.44. The molecule has 0 aromatic heterocycles. The highest BCUT2D eigenvalue weighted by atomic mass is 16.7. The molecule has 1 fully saturated rings. The molecule has 1 saturated heterocycles. The van der Waals surface area contributed by atoms with Crippen molar-refractivity contribution in [1.29, 1.82) is 0 Å². The second-order valence-electron chi connectivity index (χ2n) is 3.11. The SMILES string of the molecule is COC(=O)[C@@H]1C[C@@H](O)CN1OC(C)=O. The number of hydrogen-bond acceptors (Lipinski definition) is 6. The molecule has 80 valence electrons. The van der Waals surface area contributed by atoms with Crippen LogP contribution in [0.4, 0.5) is 0 Å². The molecule has 0 saturated carbocycles. The van der Waals surface area contributed by atoms with Gasteiger partial charge in [-0.05, 0) is 0 Å². The Kier molecular flexibility index (Phi) is 3.43. The first-order valence-electron chi connectivity index (χ1n) is 4.25. The summed E-state index contributed by atoms with van der Waals surface area (Å²) in [5, 5.41) is 10.4. The average molecular weight is 203 g/mol. The molecule has 0 spiro atoms. The van der Waals surface area contributed by atoms with Gasteiger partial charge in [0.05, 0.1) is 19.8 Å². The lowest BCUT2D eigenvalue weighted by atomic mass is 10.2. The summed E-state index contributed by atoms with van der Waals surface area (Å²) in [5.74, 6) is -1.03. The van der Waals surface area contributed by atoms with E-state index in [2.05, 4.69) is 4.74 Å². The van der Waals surface area contributed by atoms with E-state index in [1.807, 2.05) is 0 Å². The van der Waals surface area contributed by atoms with Crippen LogP contribution < -0.4 is 0 Å². The van der Waals surface area contributed by atoms with Crippen molar-refractivity contribution in [1.82, 2.24) is 5.06 Å². The Labute approximate surface area is 81.3 Å². The van der Waals surface area contributed by atoms with Crippen LogP contribution in [0.5, 0.6) is 0 Å². The Balaban J connectivity index is 2.62. The molecule has 1 heterocycles. The standard InChI is InChI=1S/C8H13NO5/c1-5(10)14-9-4-6(11)3-7(9)8(12)13-2/h6-7,11H,3-4H2,1-2H3/t6-,7+/m1/s1. The number of aliphatic hydroxyl groups excluding tert-OH is 1. The molecule has 0 bridgehead atoms. The van der Waals surface area contributed by atoms with Crippen molar-refractivity contribution < 1.29 is 24.3 Å². The van der Waals surface area contributed by atoms with Gasteiger partial charge in [0.25, 0.3) is 0 Å². The van der Waals surface area contributed by atoms with Gasteiger partial charge in [-0.15, -0.1) is 5.06 Å². The Hall–Kier alpha value is -1.14. The molecular weight excluding hydrogens is 190 g/mol. The van der Waals surface area contributed by atoms with E-state index in [0.29, 0.717) is 0 Å². The van der Waals surface area contributed by atoms with Gasteiger partial charge >= 0.3 is 11.9 Å². The van der Waals surface area contributed by atoms with E-state index in [9.17, 15) is 14.7 Å². The zero-order valence-electron chi connectivity index (χ0n) is 8.10. The summed E-state index contributed by atoms with van der Waals surface area (Å²) < 4.78 is 4.51. The molecule has 14 heavy (non-hydrogen) atoms. The molecule has 0 aromatic rings. The fourth-order valence-electron chi connectivity index (χ4n) is 1.40. The van der Waals surface area contributed by atoms with E-state index in [4.69, 9.17) is 4.84 Å². The highest BCUT2D eigenvalue weighted by Crippen LogP contribution is 2.19. The highest BCUT2D eigenvalue weighted by molar-refractivity contribution is 5.76. The maximum Gasteiger partial charge on any atom is 0.326 e. The van der Waals surface area contributed by atoms with E-state index in [1.165, 1.54) is 14.0 Å². The number of β-amino-alcohol motifs (C(OH)–C–C–N with tert-alkyl or cyclic N) is 1. The number of nitrogens with zero attached hydrogens (tertiary/aromatic N) is 1. The number of methoxy groups -OCH3 is 1. The minimum atomic E-state index is -0.695. The molecular formula is C8H13NO5. The zero-order valence-corrected chi connectivity index (χ0v) is 8.10. The minimum absolute atomic E-state index is 0.138. The Morgan fingerprint density at radius 2 is 2.14 bits per heavy atom. The molecule has 0 amide bonds. The fraction of sp³-hybridized carbons (Fsp3) is 0.750. The summed E-state index contributed by atoms with van der Waals surface area (Å²) in [4.78, 5) is 26.6. The third-order valence-electron chi connectivity index (χ3n) is 1.95. The lowest BCUT2D eigenvalue weighted by Crippen LogP contribution is -2.38. The first-order valence-corrected chi connectivity index (χ1v) is 4.25. The minimum Gasteiger partial charge on any atom is -0.468 e. The van der Waals surface area contributed by atoms with Crippen LogP contribution in [0.25, 0.3) is 0 Å². The fourth-order valence-corrected chi connectivity index (χ4v) is 1.40. The maximum absolute atomic E-state index is 11.2. The normalized spacial score (nSPS) is 27.4. The Bertz CT molecular complexity index is 242. The van der Waals surface area contributed by atoms with E-state index < -0.39 is 24.1 Å². The van der Waals surface area contributed by atoms with Crippen molar-refractivity contribution in [3.63, 3.8) is 0 Å². The van der Waals surface area contributed by atoms with Crippen LogP contribution in [0.3, 0.4) is 0 Å². The van der Waals surface area contributed by atoms with Crippen LogP contribution in [0.1, 0.15) is 13.3 Å². The van der Waals surface area contributed by atoms with Crippen molar-refractivity contribution in [2.24, 2.45) is 0 Å². The third kappa shape index (κ3) is 2.43. The topological polar surface area (TPSA) is 76.1 Å². The van der Waals surface area contributed by atoms with Gasteiger partial charge in [-0.2, -0.15) is 0 Å². The van der Waals surface area contributed by atoms with Gasteiger partial charge in [0.1, 0.15) is 6.04 Å². The first kappa shape index (κ1) is 10.9. The number of ether oxygens (including phenoxy) is 1. The van der Waals surface area contributed by atoms with E-state index >= 15 is 0 Å². The van der Waals surface area contributed by atoms with Crippen molar-refractivity contribution in [2.75, 3.05) is 13.7 Å². The number of carbonyl (C=O) groups is 2. The molecule has 0 aromatic carbocycles. The van der Waals surface area contributed by atoms with Crippen molar-refractivity contribution in [3.8, 4) is 0 Å². The molecule has 0 aliphatic carbocycles. The van der Waals surface area contributed by atoms with Gasteiger partial charge in [-0.25, -0.2) is 0 Å². The number of hydroxylamine groups is 2. The molecule has 0 unspecified atom stereocenters. The van der Waals surface area contributed by atoms with E-state index in [0.717, 1.165) is 5.06 Å². The smallest absolute Gasteiger partial charge is 0.326 e. The van der Waals surface area contributed by atoms with Gasteiger partial charge in [-0.1, -0.05) is 0 Å². The highest BCUT2D eigenvalue weighted by Gasteiger charge is 2.39. The molecule has 6 nitrogen and oxygen atoms in total. The van der Waals surface area contributed by atoms with Crippen LogP contribution >= 0.6 is 0 Å². The number of rotatable bonds is 2. The number of carbonyl (C=O) groups excluding carboxylic acids is 2. The quantitative estimate of drug-likeness (QED) is 0.584. The van der Waals surface area contributed by atoms with E-state index in [1.54, 1.807) is 0 Å². The summed E-state index contributed by atoms with van der Waals surface area (Å²) in [6.45, 7) is 1.37. The number of aliphatic hydroxyl groups is 1.